The Kier molecular flexibility index (Phi) is 5.01. The summed E-state index contributed by atoms with van der Waals surface area (Å²) in [4.78, 5) is 3.12. The molecule has 2 rings (SSSR count). The van der Waals surface area contributed by atoms with E-state index in [0.717, 1.165) is 19.8 Å². The summed E-state index contributed by atoms with van der Waals surface area (Å²) in [6, 6.07) is 2.88. The molecular formula is C14H23NOS. The Balaban J connectivity index is 1.86. The van der Waals surface area contributed by atoms with Crippen molar-refractivity contribution >= 4 is 11.3 Å². The van der Waals surface area contributed by atoms with Crippen molar-refractivity contribution in [2.75, 3.05) is 19.8 Å². The van der Waals surface area contributed by atoms with Crippen molar-refractivity contribution in [1.82, 2.24) is 5.32 Å². The third-order valence-electron chi connectivity index (χ3n) is 3.34. The molecule has 17 heavy (non-hydrogen) atoms. The predicted molar refractivity (Wildman–Crippen MR) is 73.9 cm³/mol. The molecule has 0 amide bonds. The smallest absolute Gasteiger partial charge is 0.0590 e. The molecule has 0 bridgehead atoms. The fourth-order valence-electron chi connectivity index (χ4n) is 2.32. The Morgan fingerprint density at radius 3 is 3.00 bits per heavy atom. The average Bonchev–Trinajstić information content (AvgIpc) is 2.78. The summed E-state index contributed by atoms with van der Waals surface area (Å²) in [6.45, 7) is 6.85. The van der Waals surface area contributed by atoms with Crippen LogP contribution in [0.4, 0.5) is 0 Å². The molecule has 0 aromatic carbocycles. The van der Waals surface area contributed by atoms with Gasteiger partial charge in [0.1, 0.15) is 0 Å². The zero-order valence-corrected chi connectivity index (χ0v) is 11.7. The minimum atomic E-state index is 0.464. The number of hydrogen-bond donors (Lipinski definition) is 1. The lowest BCUT2D eigenvalue weighted by atomic mass is 9.99. The van der Waals surface area contributed by atoms with E-state index in [1.807, 2.05) is 18.3 Å². The molecule has 1 N–H and O–H groups in total. The second kappa shape index (κ2) is 6.53. The summed E-state index contributed by atoms with van der Waals surface area (Å²) in [5, 5.41) is 3.53. The van der Waals surface area contributed by atoms with Gasteiger partial charge < -0.3 is 10.1 Å². The highest BCUT2D eigenvalue weighted by Crippen LogP contribution is 2.32. The summed E-state index contributed by atoms with van der Waals surface area (Å²) >= 11 is 2.00. The normalized spacial score (nSPS) is 16.8. The van der Waals surface area contributed by atoms with Crippen LogP contribution in [0.25, 0.3) is 0 Å². The van der Waals surface area contributed by atoms with Crippen LogP contribution in [-0.4, -0.2) is 19.8 Å². The van der Waals surface area contributed by atoms with E-state index in [4.69, 9.17) is 4.74 Å². The van der Waals surface area contributed by atoms with Gasteiger partial charge in [0.15, 0.2) is 0 Å². The van der Waals surface area contributed by atoms with Crippen LogP contribution in [0.15, 0.2) is 6.07 Å². The first kappa shape index (κ1) is 13.1. The van der Waals surface area contributed by atoms with E-state index in [-0.39, 0.29) is 0 Å². The van der Waals surface area contributed by atoms with Crippen molar-refractivity contribution in [2.24, 2.45) is 0 Å². The van der Waals surface area contributed by atoms with Gasteiger partial charge in [0.25, 0.3) is 0 Å². The maximum atomic E-state index is 5.34. The highest BCUT2D eigenvalue weighted by molar-refractivity contribution is 7.12. The number of fused-ring (bicyclic) bond motifs is 1. The Labute approximate surface area is 108 Å². The Bertz CT molecular complexity index is 324. The Morgan fingerprint density at radius 1 is 1.41 bits per heavy atom. The molecule has 0 aliphatic heterocycles. The van der Waals surface area contributed by atoms with Crippen molar-refractivity contribution in [2.45, 2.75) is 45.6 Å². The summed E-state index contributed by atoms with van der Waals surface area (Å²) in [7, 11) is 0. The molecule has 1 unspecified atom stereocenters. The molecule has 1 atom stereocenters. The largest absolute Gasteiger partial charge is 0.380 e. The maximum absolute atomic E-state index is 5.34. The number of ether oxygens (including phenoxy) is 1. The second-order valence-electron chi connectivity index (χ2n) is 4.68. The topological polar surface area (TPSA) is 21.3 Å². The van der Waals surface area contributed by atoms with E-state index in [2.05, 4.69) is 18.3 Å². The number of hydrogen-bond acceptors (Lipinski definition) is 3. The van der Waals surface area contributed by atoms with Gasteiger partial charge in [0.2, 0.25) is 0 Å². The third-order valence-corrected chi connectivity index (χ3v) is 4.76. The van der Waals surface area contributed by atoms with E-state index in [1.165, 1.54) is 30.6 Å². The molecule has 0 fully saturated rings. The van der Waals surface area contributed by atoms with Gasteiger partial charge in [-0.25, -0.2) is 0 Å². The molecule has 0 saturated carbocycles. The summed E-state index contributed by atoms with van der Waals surface area (Å²) in [5.74, 6) is 0. The molecule has 0 saturated heterocycles. The van der Waals surface area contributed by atoms with Gasteiger partial charge in [-0.1, -0.05) is 0 Å². The lowest BCUT2D eigenvalue weighted by molar-refractivity contribution is 0.147. The van der Waals surface area contributed by atoms with E-state index in [1.54, 1.807) is 10.4 Å². The minimum Gasteiger partial charge on any atom is -0.380 e. The number of rotatable bonds is 6. The standard InChI is InChI=1S/C14H23NOS/c1-3-16-9-8-15-11(2)14-10-12-6-4-5-7-13(12)17-14/h10-11,15H,3-9H2,1-2H3. The first-order valence-corrected chi connectivity index (χ1v) is 7.55. The summed E-state index contributed by atoms with van der Waals surface area (Å²) in [5.41, 5.74) is 1.61. The molecule has 96 valence electrons. The van der Waals surface area contributed by atoms with Crippen molar-refractivity contribution in [3.05, 3.63) is 21.4 Å². The summed E-state index contributed by atoms with van der Waals surface area (Å²) < 4.78 is 5.34. The highest BCUT2D eigenvalue weighted by atomic mass is 32.1. The highest BCUT2D eigenvalue weighted by Gasteiger charge is 2.16. The molecule has 0 radical (unpaired) electrons. The molecule has 1 aliphatic carbocycles. The van der Waals surface area contributed by atoms with Crippen LogP contribution in [0.1, 0.15) is 48.0 Å². The first-order valence-electron chi connectivity index (χ1n) is 6.74. The molecule has 2 nitrogen and oxygen atoms in total. The maximum Gasteiger partial charge on any atom is 0.0590 e. The fourth-order valence-corrected chi connectivity index (χ4v) is 3.60. The molecule has 1 aromatic rings. The van der Waals surface area contributed by atoms with Crippen LogP contribution >= 0.6 is 11.3 Å². The van der Waals surface area contributed by atoms with E-state index in [9.17, 15) is 0 Å². The van der Waals surface area contributed by atoms with E-state index >= 15 is 0 Å². The van der Waals surface area contributed by atoms with Crippen LogP contribution < -0.4 is 5.32 Å². The average molecular weight is 253 g/mol. The quantitative estimate of drug-likeness (QED) is 0.785. The minimum absolute atomic E-state index is 0.464. The second-order valence-corrected chi connectivity index (χ2v) is 5.85. The van der Waals surface area contributed by atoms with Gasteiger partial charge in [0.05, 0.1) is 6.61 Å². The first-order chi connectivity index (χ1) is 8.31. The van der Waals surface area contributed by atoms with Crippen LogP contribution in [0.3, 0.4) is 0 Å². The van der Waals surface area contributed by atoms with Crippen LogP contribution in [0.5, 0.6) is 0 Å². The van der Waals surface area contributed by atoms with Gasteiger partial charge in [-0.05, 0) is 51.2 Å². The fraction of sp³-hybridized carbons (Fsp3) is 0.714. The molecule has 1 aliphatic rings. The molecule has 1 heterocycles. The zero-order chi connectivity index (χ0) is 12.1. The van der Waals surface area contributed by atoms with Gasteiger partial charge in [-0.15, -0.1) is 11.3 Å². The van der Waals surface area contributed by atoms with Gasteiger partial charge in [-0.3, -0.25) is 0 Å². The van der Waals surface area contributed by atoms with Gasteiger partial charge in [0, 0.05) is 28.9 Å². The summed E-state index contributed by atoms with van der Waals surface area (Å²) in [6.07, 6.45) is 5.33. The van der Waals surface area contributed by atoms with Crippen molar-refractivity contribution in [3.8, 4) is 0 Å². The molecule has 3 heteroatoms. The monoisotopic (exact) mass is 253 g/mol. The molecule has 0 spiro atoms. The predicted octanol–water partition coefficient (Wildman–Crippen LogP) is 3.31. The number of nitrogens with one attached hydrogen (secondary N) is 1. The van der Waals surface area contributed by atoms with Gasteiger partial charge >= 0.3 is 0 Å². The van der Waals surface area contributed by atoms with Gasteiger partial charge in [-0.2, -0.15) is 0 Å². The van der Waals surface area contributed by atoms with Crippen LogP contribution in [-0.2, 0) is 17.6 Å². The number of thiophene rings is 1. The molecular weight excluding hydrogens is 230 g/mol. The zero-order valence-electron chi connectivity index (χ0n) is 10.9. The van der Waals surface area contributed by atoms with Crippen molar-refractivity contribution < 1.29 is 4.74 Å². The van der Waals surface area contributed by atoms with Crippen LogP contribution in [0.2, 0.25) is 0 Å². The van der Waals surface area contributed by atoms with Crippen LogP contribution in [0, 0.1) is 0 Å². The lowest BCUT2D eigenvalue weighted by Crippen LogP contribution is -2.22. The third kappa shape index (κ3) is 3.54. The SMILES string of the molecule is CCOCCNC(C)c1cc2c(s1)CCCC2. The Hall–Kier alpha value is -0.380. The molecule has 1 aromatic heterocycles. The Morgan fingerprint density at radius 2 is 2.24 bits per heavy atom. The van der Waals surface area contributed by atoms with E-state index in [0.29, 0.717) is 6.04 Å². The van der Waals surface area contributed by atoms with Crippen molar-refractivity contribution in [1.29, 1.82) is 0 Å². The van der Waals surface area contributed by atoms with E-state index < -0.39 is 0 Å². The number of aryl methyl sites for hydroxylation is 2. The lowest BCUT2D eigenvalue weighted by Gasteiger charge is -2.11. The van der Waals surface area contributed by atoms with Crippen molar-refractivity contribution in [3.63, 3.8) is 0 Å².